The fraction of sp³-hybridized carbons (Fsp3) is 0.650. The van der Waals surface area contributed by atoms with E-state index < -0.39 is 26.9 Å². The molecule has 2 bridgehead atoms. The molecule has 3 rings (SSSR count). The Labute approximate surface area is 160 Å². The zero-order valence-electron chi connectivity index (χ0n) is 16.3. The standard InChI is InChI=1S/C20H28FNO4S/c1-18(2)14-9-10-20(18,17(23)11-14)13-27(24,25)22-12-19(3,26-4)15-7-5-6-8-16(15)21/h5-8,14,22H,9-13H2,1-4H3. The Morgan fingerprint density at radius 2 is 2.00 bits per heavy atom. The van der Waals surface area contributed by atoms with E-state index in [1.807, 2.05) is 13.8 Å². The molecule has 0 saturated heterocycles. The van der Waals surface area contributed by atoms with Crippen LogP contribution in [-0.4, -0.2) is 33.6 Å². The van der Waals surface area contributed by atoms with E-state index in [0.717, 1.165) is 6.42 Å². The number of hydrogen-bond acceptors (Lipinski definition) is 4. The second kappa shape index (κ2) is 6.64. The number of ether oxygens (including phenoxy) is 1. The summed E-state index contributed by atoms with van der Waals surface area (Å²) < 4.78 is 48.0. The van der Waals surface area contributed by atoms with Crippen LogP contribution >= 0.6 is 0 Å². The molecule has 1 N–H and O–H groups in total. The van der Waals surface area contributed by atoms with Crippen LogP contribution in [0.1, 0.15) is 45.6 Å². The van der Waals surface area contributed by atoms with E-state index in [1.165, 1.54) is 13.2 Å². The number of carbonyl (C=O) groups excluding carboxylic acids is 1. The minimum absolute atomic E-state index is 0.0535. The largest absolute Gasteiger partial charge is 0.372 e. The van der Waals surface area contributed by atoms with Crippen LogP contribution in [0.15, 0.2) is 24.3 Å². The number of benzene rings is 1. The predicted molar refractivity (Wildman–Crippen MR) is 101 cm³/mol. The molecule has 5 nitrogen and oxygen atoms in total. The maximum absolute atomic E-state index is 14.2. The van der Waals surface area contributed by atoms with Gasteiger partial charge in [-0.25, -0.2) is 17.5 Å². The third-order valence-electron chi connectivity index (χ3n) is 7.10. The van der Waals surface area contributed by atoms with Gasteiger partial charge in [0.1, 0.15) is 17.2 Å². The Bertz CT molecular complexity index is 853. The smallest absolute Gasteiger partial charge is 0.212 e. The molecule has 2 aliphatic rings. The first-order chi connectivity index (χ1) is 12.5. The van der Waals surface area contributed by atoms with Gasteiger partial charge < -0.3 is 4.74 Å². The van der Waals surface area contributed by atoms with Gasteiger partial charge >= 0.3 is 0 Å². The maximum Gasteiger partial charge on any atom is 0.212 e. The normalized spacial score (nSPS) is 29.1. The summed E-state index contributed by atoms with van der Waals surface area (Å²) in [5, 5.41) is 0. The first-order valence-electron chi connectivity index (χ1n) is 9.28. The average molecular weight is 398 g/mol. The zero-order valence-corrected chi connectivity index (χ0v) is 17.2. The number of fused-ring (bicyclic) bond motifs is 2. The molecular weight excluding hydrogens is 369 g/mol. The molecule has 3 unspecified atom stereocenters. The summed E-state index contributed by atoms with van der Waals surface area (Å²) in [6, 6.07) is 6.15. The Balaban J connectivity index is 1.79. The first-order valence-corrected chi connectivity index (χ1v) is 10.9. The fourth-order valence-corrected chi connectivity index (χ4v) is 6.82. The number of Topliss-reactive ketones (excluding diaryl/α,β-unsaturated/α-hetero) is 1. The van der Waals surface area contributed by atoms with Crippen LogP contribution in [0.5, 0.6) is 0 Å². The van der Waals surface area contributed by atoms with Crippen LogP contribution in [0.4, 0.5) is 4.39 Å². The van der Waals surface area contributed by atoms with Gasteiger partial charge in [-0.3, -0.25) is 4.79 Å². The monoisotopic (exact) mass is 397 g/mol. The maximum atomic E-state index is 14.2. The topological polar surface area (TPSA) is 72.5 Å². The number of ketones is 1. The molecule has 2 fully saturated rings. The molecule has 1 aromatic rings. The Morgan fingerprint density at radius 1 is 1.33 bits per heavy atom. The second-order valence-corrected chi connectivity index (χ2v) is 10.5. The Morgan fingerprint density at radius 3 is 2.52 bits per heavy atom. The summed E-state index contributed by atoms with van der Waals surface area (Å²) in [6.45, 7) is 5.54. The van der Waals surface area contributed by atoms with Crippen molar-refractivity contribution < 1.29 is 22.3 Å². The van der Waals surface area contributed by atoms with Gasteiger partial charge in [0, 0.05) is 31.1 Å². The Hall–Kier alpha value is -1.31. The number of hydrogen-bond donors (Lipinski definition) is 1. The second-order valence-electron chi connectivity index (χ2n) is 8.66. The van der Waals surface area contributed by atoms with Gasteiger partial charge in [-0.15, -0.1) is 0 Å². The zero-order chi connectivity index (χ0) is 20.1. The summed E-state index contributed by atoms with van der Waals surface area (Å²) in [5.74, 6) is -0.370. The van der Waals surface area contributed by atoms with Gasteiger partial charge in [-0.05, 0) is 37.2 Å². The van der Waals surface area contributed by atoms with Gasteiger partial charge in [0.05, 0.1) is 5.75 Å². The molecule has 150 valence electrons. The molecule has 1 aromatic carbocycles. The van der Waals surface area contributed by atoms with Crippen LogP contribution in [0, 0.1) is 22.6 Å². The van der Waals surface area contributed by atoms with Crippen molar-refractivity contribution in [3.8, 4) is 0 Å². The molecule has 2 aliphatic carbocycles. The van der Waals surface area contributed by atoms with Crippen molar-refractivity contribution in [2.45, 2.75) is 45.6 Å². The van der Waals surface area contributed by atoms with Gasteiger partial charge in [-0.1, -0.05) is 32.0 Å². The van der Waals surface area contributed by atoms with E-state index in [1.54, 1.807) is 25.1 Å². The van der Waals surface area contributed by atoms with Crippen LogP contribution in [-0.2, 0) is 25.2 Å². The summed E-state index contributed by atoms with van der Waals surface area (Å²) in [7, 11) is -2.33. The van der Waals surface area contributed by atoms with Crippen LogP contribution in [0.3, 0.4) is 0 Å². The Kier molecular flexibility index (Phi) is 5.02. The predicted octanol–water partition coefficient (Wildman–Crippen LogP) is 3.00. The van der Waals surface area contributed by atoms with Crippen LogP contribution in [0.2, 0.25) is 0 Å². The fourth-order valence-electron chi connectivity index (χ4n) is 4.90. The number of halogens is 1. The van der Waals surface area contributed by atoms with Crippen molar-refractivity contribution in [3.05, 3.63) is 35.6 Å². The SMILES string of the molecule is COC(C)(CNS(=O)(=O)CC12CCC(CC1=O)C2(C)C)c1ccccc1F. The molecule has 0 aromatic heterocycles. The molecule has 3 atom stereocenters. The summed E-state index contributed by atoms with van der Waals surface area (Å²) in [6.07, 6.45) is 1.96. The highest BCUT2D eigenvalue weighted by Crippen LogP contribution is 2.64. The molecule has 7 heteroatoms. The van der Waals surface area contributed by atoms with Crippen molar-refractivity contribution >= 4 is 15.8 Å². The highest BCUT2D eigenvalue weighted by molar-refractivity contribution is 7.89. The summed E-state index contributed by atoms with van der Waals surface area (Å²) in [5.41, 5.74) is -2.02. The van der Waals surface area contributed by atoms with E-state index in [0.29, 0.717) is 12.8 Å². The van der Waals surface area contributed by atoms with E-state index in [-0.39, 0.29) is 35.0 Å². The van der Waals surface area contributed by atoms with E-state index in [4.69, 9.17) is 4.74 Å². The van der Waals surface area contributed by atoms with E-state index in [9.17, 15) is 17.6 Å². The van der Waals surface area contributed by atoms with Crippen molar-refractivity contribution in [3.63, 3.8) is 0 Å². The van der Waals surface area contributed by atoms with E-state index >= 15 is 0 Å². The third-order valence-corrected chi connectivity index (χ3v) is 8.56. The highest BCUT2D eigenvalue weighted by atomic mass is 32.2. The lowest BCUT2D eigenvalue weighted by molar-refractivity contribution is -0.128. The average Bonchev–Trinajstić information content (AvgIpc) is 2.94. The van der Waals surface area contributed by atoms with Crippen molar-refractivity contribution in [2.75, 3.05) is 19.4 Å². The molecule has 0 heterocycles. The molecule has 27 heavy (non-hydrogen) atoms. The molecule has 0 amide bonds. The minimum atomic E-state index is -3.75. The summed E-state index contributed by atoms with van der Waals surface area (Å²) >= 11 is 0. The van der Waals surface area contributed by atoms with E-state index in [2.05, 4.69) is 4.72 Å². The highest BCUT2D eigenvalue weighted by Gasteiger charge is 2.65. The first kappa shape index (κ1) is 20.4. The number of sulfonamides is 1. The molecule has 0 radical (unpaired) electrons. The van der Waals surface area contributed by atoms with Gasteiger partial charge in [0.25, 0.3) is 0 Å². The number of rotatable bonds is 7. The molecule has 2 saturated carbocycles. The van der Waals surface area contributed by atoms with Crippen molar-refractivity contribution in [1.82, 2.24) is 4.72 Å². The number of nitrogens with one attached hydrogen (secondary N) is 1. The lowest BCUT2D eigenvalue weighted by Gasteiger charge is -2.36. The van der Waals surface area contributed by atoms with Crippen LogP contribution in [0.25, 0.3) is 0 Å². The van der Waals surface area contributed by atoms with Gasteiger partial charge in [0.2, 0.25) is 10.0 Å². The van der Waals surface area contributed by atoms with Crippen LogP contribution < -0.4 is 4.72 Å². The third kappa shape index (κ3) is 3.23. The number of methoxy groups -OCH3 is 1. The van der Waals surface area contributed by atoms with Crippen molar-refractivity contribution in [1.29, 1.82) is 0 Å². The quantitative estimate of drug-likeness (QED) is 0.768. The van der Waals surface area contributed by atoms with Gasteiger partial charge in [0.15, 0.2) is 0 Å². The van der Waals surface area contributed by atoms with Gasteiger partial charge in [-0.2, -0.15) is 0 Å². The number of carbonyl (C=O) groups is 1. The minimum Gasteiger partial charge on any atom is -0.372 e. The summed E-state index contributed by atoms with van der Waals surface area (Å²) in [4.78, 5) is 12.6. The molecule has 0 aliphatic heterocycles. The lowest BCUT2D eigenvalue weighted by atomic mass is 9.70. The van der Waals surface area contributed by atoms with Crippen molar-refractivity contribution in [2.24, 2.45) is 16.7 Å². The molecular formula is C20H28FNO4S. The molecule has 0 spiro atoms. The lowest BCUT2D eigenvalue weighted by Crippen LogP contribution is -2.48.